The van der Waals surface area contributed by atoms with E-state index in [0.29, 0.717) is 0 Å². The van der Waals surface area contributed by atoms with Gasteiger partial charge in [-0.2, -0.15) is 0 Å². The molecule has 3 rings (SSSR count). The van der Waals surface area contributed by atoms with Gasteiger partial charge in [-0.1, -0.05) is 60.2 Å². The van der Waals surface area contributed by atoms with E-state index in [1.807, 2.05) is 49.4 Å². The van der Waals surface area contributed by atoms with E-state index in [9.17, 15) is 8.42 Å². The van der Waals surface area contributed by atoms with Gasteiger partial charge in [-0.15, -0.1) is 12.3 Å². The van der Waals surface area contributed by atoms with Crippen LogP contribution in [-0.4, -0.2) is 8.42 Å². The SMILES string of the molecule is C#CC[C@H](NS(=O)(=O)c1ccc(C)cc1)c1cccc2ccccc12. The fourth-order valence-electron chi connectivity index (χ4n) is 2.86. The molecule has 0 aromatic heterocycles. The zero-order chi connectivity index (χ0) is 17.9. The molecule has 25 heavy (non-hydrogen) atoms. The maximum Gasteiger partial charge on any atom is 0.241 e. The molecule has 3 aromatic carbocycles. The summed E-state index contributed by atoms with van der Waals surface area (Å²) in [6, 6.07) is 20.0. The van der Waals surface area contributed by atoms with Crippen molar-refractivity contribution in [2.24, 2.45) is 0 Å². The van der Waals surface area contributed by atoms with Gasteiger partial charge in [-0.05, 0) is 35.4 Å². The van der Waals surface area contributed by atoms with Crippen LogP contribution in [0.5, 0.6) is 0 Å². The summed E-state index contributed by atoms with van der Waals surface area (Å²) in [4.78, 5) is 0.236. The van der Waals surface area contributed by atoms with Crippen molar-refractivity contribution in [2.75, 3.05) is 0 Å². The van der Waals surface area contributed by atoms with Gasteiger partial charge in [0.2, 0.25) is 10.0 Å². The van der Waals surface area contributed by atoms with Crippen LogP contribution in [0.4, 0.5) is 0 Å². The first-order chi connectivity index (χ1) is 12.0. The second kappa shape index (κ2) is 7.10. The van der Waals surface area contributed by atoms with E-state index in [0.717, 1.165) is 21.9 Å². The van der Waals surface area contributed by atoms with Crippen LogP contribution in [0.2, 0.25) is 0 Å². The van der Waals surface area contributed by atoms with Gasteiger partial charge in [-0.25, -0.2) is 13.1 Å². The molecule has 3 aromatic rings. The molecule has 0 aliphatic heterocycles. The average molecular weight is 349 g/mol. The molecule has 0 unspecified atom stereocenters. The van der Waals surface area contributed by atoms with E-state index in [1.165, 1.54) is 0 Å². The number of hydrogen-bond donors (Lipinski definition) is 1. The lowest BCUT2D eigenvalue weighted by Gasteiger charge is -2.19. The Kier molecular flexibility index (Phi) is 4.89. The van der Waals surface area contributed by atoms with Gasteiger partial charge in [-0.3, -0.25) is 0 Å². The molecule has 0 amide bonds. The summed E-state index contributed by atoms with van der Waals surface area (Å²) in [6.07, 6.45) is 5.78. The predicted octanol–water partition coefficient (Wildman–Crippen LogP) is 4.19. The zero-order valence-electron chi connectivity index (χ0n) is 13.9. The molecule has 1 atom stereocenters. The van der Waals surface area contributed by atoms with E-state index in [4.69, 9.17) is 6.42 Å². The lowest BCUT2D eigenvalue weighted by atomic mass is 9.98. The molecule has 4 heteroatoms. The molecule has 0 spiro atoms. The Morgan fingerprint density at radius 3 is 2.40 bits per heavy atom. The van der Waals surface area contributed by atoms with Crippen molar-refractivity contribution in [3.05, 3.63) is 77.9 Å². The molecule has 0 fully saturated rings. The first kappa shape index (κ1) is 17.2. The number of fused-ring (bicyclic) bond motifs is 1. The predicted molar refractivity (Wildman–Crippen MR) is 102 cm³/mol. The molecule has 0 saturated heterocycles. The largest absolute Gasteiger partial charge is 0.241 e. The van der Waals surface area contributed by atoms with Crippen LogP contribution in [-0.2, 0) is 10.0 Å². The molecule has 0 aliphatic rings. The summed E-state index contributed by atoms with van der Waals surface area (Å²) >= 11 is 0. The quantitative estimate of drug-likeness (QED) is 0.702. The number of nitrogens with one attached hydrogen (secondary N) is 1. The molecule has 0 radical (unpaired) electrons. The van der Waals surface area contributed by atoms with Crippen LogP contribution in [0.3, 0.4) is 0 Å². The van der Waals surface area contributed by atoms with Gasteiger partial charge in [0.05, 0.1) is 10.9 Å². The second-order valence-electron chi connectivity index (χ2n) is 5.96. The van der Waals surface area contributed by atoms with Crippen molar-refractivity contribution in [3.63, 3.8) is 0 Å². The summed E-state index contributed by atoms with van der Waals surface area (Å²) in [5.41, 5.74) is 1.89. The minimum Gasteiger partial charge on any atom is -0.207 e. The van der Waals surface area contributed by atoms with Gasteiger partial charge in [0.1, 0.15) is 0 Å². The fraction of sp³-hybridized carbons (Fsp3) is 0.143. The normalized spacial score (nSPS) is 12.6. The molecular weight excluding hydrogens is 330 g/mol. The minimum absolute atomic E-state index is 0.236. The first-order valence-electron chi connectivity index (χ1n) is 8.01. The van der Waals surface area contributed by atoms with Crippen molar-refractivity contribution in [1.82, 2.24) is 4.72 Å². The summed E-state index contributed by atoms with van der Waals surface area (Å²) < 4.78 is 28.3. The van der Waals surface area contributed by atoms with Gasteiger partial charge in [0.25, 0.3) is 0 Å². The Hall–Kier alpha value is -2.61. The van der Waals surface area contributed by atoms with E-state index in [1.54, 1.807) is 24.3 Å². The number of aryl methyl sites for hydroxylation is 1. The zero-order valence-corrected chi connectivity index (χ0v) is 14.8. The monoisotopic (exact) mass is 349 g/mol. The van der Waals surface area contributed by atoms with Crippen LogP contribution >= 0.6 is 0 Å². The summed E-state index contributed by atoms with van der Waals surface area (Å²) in [5, 5.41) is 2.05. The maximum atomic E-state index is 12.8. The van der Waals surface area contributed by atoms with Gasteiger partial charge in [0.15, 0.2) is 0 Å². The van der Waals surface area contributed by atoms with Crippen LogP contribution in [0.1, 0.15) is 23.6 Å². The highest BCUT2D eigenvalue weighted by Gasteiger charge is 2.22. The molecule has 0 aliphatic carbocycles. The van der Waals surface area contributed by atoms with Crippen molar-refractivity contribution < 1.29 is 8.42 Å². The minimum atomic E-state index is -3.66. The van der Waals surface area contributed by atoms with Crippen LogP contribution in [0, 0.1) is 19.3 Å². The standard InChI is InChI=1S/C21H19NO2S/c1-3-7-21(20-11-6-9-17-8-4-5-10-19(17)20)22-25(23,24)18-14-12-16(2)13-15-18/h1,4-6,8-15,21-22H,7H2,2H3/t21-/m0/s1. The molecule has 0 bridgehead atoms. The van der Waals surface area contributed by atoms with E-state index in [-0.39, 0.29) is 11.3 Å². The van der Waals surface area contributed by atoms with Crippen molar-refractivity contribution in [3.8, 4) is 12.3 Å². The molecule has 0 heterocycles. The number of hydrogen-bond acceptors (Lipinski definition) is 2. The average Bonchev–Trinajstić information content (AvgIpc) is 2.61. The highest BCUT2D eigenvalue weighted by molar-refractivity contribution is 7.89. The smallest absolute Gasteiger partial charge is 0.207 e. The Labute approximate surface area is 148 Å². The number of benzene rings is 3. The number of sulfonamides is 1. The molecule has 3 nitrogen and oxygen atoms in total. The molecule has 126 valence electrons. The van der Waals surface area contributed by atoms with Crippen molar-refractivity contribution >= 4 is 20.8 Å². The van der Waals surface area contributed by atoms with E-state index in [2.05, 4.69) is 10.6 Å². The topological polar surface area (TPSA) is 46.2 Å². The number of terminal acetylenes is 1. The third kappa shape index (κ3) is 3.74. The van der Waals surface area contributed by atoms with E-state index < -0.39 is 16.1 Å². The summed E-state index contributed by atoms with van der Waals surface area (Å²) in [7, 11) is -3.66. The Morgan fingerprint density at radius 2 is 1.68 bits per heavy atom. The fourth-order valence-corrected chi connectivity index (χ4v) is 4.08. The third-order valence-electron chi connectivity index (χ3n) is 4.15. The Morgan fingerprint density at radius 1 is 1.00 bits per heavy atom. The Balaban J connectivity index is 2.01. The summed E-state index contributed by atoms with van der Waals surface area (Å²) in [5.74, 6) is 2.59. The van der Waals surface area contributed by atoms with Gasteiger partial charge >= 0.3 is 0 Å². The summed E-state index contributed by atoms with van der Waals surface area (Å²) in [6.45, 7) is 1.92. The lowest BCUT2D eigenvalue weighted by Crippen LogP contribution is -2.28. The van der Waals surface area contributed by atoms with Gasteiger partial charge < -0.3 is 0 Å². The third-order valence-corrected chi connectivity index (χ3v) is 5.64. The first-order valence-corrected chi connectivity index (χ1v) is 9.50. The number of rotatable bonds is 5. The van der Waals surface area contributed by atoms with Gasteiger partial charge in [0, 0.05) is 6.42 Å². The molecular formula is C21H19NO2S. The molecule has 0 saturated carbocycles. The van der Waals surface area contributed by atoms with E-state index >= 15 is 0 Å². The second-order valence-corrected chi connectivity index (χ2v) is 7.68. The highest BCUT2D eigenvalue weighted by Crippen LogP contribution is 2.27. The maximum absolute atomic E-state index is 12.8. The highest BCUT2D eigenvalue weighted by atomic mass is 32.2. The van der Waals surface area contributed by atoms with Crippen LogP contribution in [0.15, 0.2) is 71.6 Å². The van der Waals surface area contributed by atoms with Crippen molar-refractivity contribution in [1.29, 1.82) is 0 Å². The molecule has 1 N–H and O–H groups in total. The van der Waals surface area contributed by atoms with Crippen LogP contribution in [0.25, 0.3) is 10.8 Å². The van der Waals surface area contributed by atoms with Crippen molar-refractivity contribution in [2.45, 2.75) is 24.3 Å². The Bertz CT molecular complexity index is 1030. The lowest BCUT2D eigenvalue weighted by molar-refractivity contribution is 0.560. The van der Waals surface area contributed by atoms with Crippen LogP contribution < -0.4 is 4.72 Å².